The summed E-state index contributed by atoms with van der Waals surface area (Å²) in [4.78, 5) is 11.4. The number of rotatable bonds is 5. The van der Waals surface area contributed by atoms with Gasteiger partial charge in [-0.15, -0.1) is 0 Å². The van der Waals surface area contributed by atoms with Gasteiger partial charge in [-0.2, -0.15) is 5.10 Å². The van der Waals surface area contributed by atoms with E-state index in [0.717, 1.165) is 24.2 Å². The maximum absolute atomic E-state index is 11.4. The van der Waals surface area contributed by atoms with Crippen molar-refractivity contribution in [3.8, 4) is 11.1 Å². The summed E-state index contributed by atoms with van der Waals surface area (Å²) in [6.07, 6.45) is 2.65. The number of carboxylic acids is 1. The van der Waals surface area contributed by atoms with Crippen molar-refractivity contribution in [1.82, 2.24) is 9.78 Å². The molecule has 0 radical (unpaired) electrons. The number of hydrogen-bond donors (Lipinski definition) is 1. The van der Waals surface area contributed by atoms with Crippen molar-refractivity contribution in [1.29, 1.82) is 0 Å². The maximum Gasteiger partial charge on any atom is 0.354 e. The van der Waals surface area contributed by atoms with Crippen LogP contribution in [0.3, 0.4) is 0 Å². The van der Waals surface area contributed by atoms with Gasteiger partial charge < -0.3 is 14.6 Å². The first-order chi connectivity index (χ1) is 10.6. The van der Waals surface area contributed by atoms with E-state index in [2.05, 4.69) is 5.10 Å². The lowest BCUT2D eigenvalue weighted by Gasteiger charge is -2.10. The van der Waals surface area contributed by atoms with Gasteiger partial charge >= 0.3 is 5.97 Å². The molecular weight excluding hydrogens is 284 g/mol. The van der Waals surface area contributed by atoms with Crippen molar-refractivity contribution < 1.29 is 19.4 Å². The van der Waals surface area contributed by atoms with Crippen molar-refractivity contribution in [2.45, 2.75) is 19.1 Å². The minimum atomic E-state index is -0.986. The fraction of sp³-hybridized carbons (Fsp3) is 0.375. The third kappa shape index (κ3) is 3.03. The summed E-state index contributed by atoms with van der Waals surface area (Å²) in [7, 11) is 1.63. The van der Waals surface area contributed by atoms with Crippen LogP contribution >= 0.6 is 0 Å². The van der Waals surface area contributed by atoms with E-state index in [9.17, 15) is 9.90 Å². The summed E-state index contributed by atoms with van der Waals surface area (Å²) in [6, 6.07) is 7.69. The molecule has 116 valence electrons. The summed E-state index contributed by atoms with van der Waals surface area (Å²) in [5, 5.41) is 13.4. The Morgan fingerprint density at radius 2 is 2.41 bits per heavy atom. The Hall–Kier alpha value is -2.18. The van der Waals surface area contributed by atoms with Gasteiger partial charge in [0, 0.05) is 19.2 Å². The van der Waals surface area contributed by atoms with Gasteiger partial charge in [-0.25, -0.2) is 4.79 Å². The molecule has 1 aromatic heterocycles. The molecule has 1 aliphatic rings. The molecule has 1 saturated heterocycles. The van der Waals surface area contributed by atoms with E-state index in [-0.39, 0.29) is 11.8 Å². The second-order valence-electron chi connectivity index (χ2n) is 5.33. The van der Waals surface area contributed by atoms with Crippen LogP contribution in [-0.2, 0) is 23.1 Å². The molecule has 22 heavy (non-hydrogen) atoms. The fourth-order valence-electron chi connectivity index (χ4n) is 2.59. The number of aromatic carboxylic acids is 1. The number of aromatic nitrogens is 2. The Balaban J connectivity index is 1.80. The molecule has 0 spiro atoms. The highest BCUT2D eigenvalue weighted by molar-refractivity contribution is 5.94. The van der Waals surface area contributed by atoms with Crippen molar-refractivity contribution in [2.75, 3.05) is 13.2 Å². The van der Waals surface area contributed by atoms with Gasteiger partial charge in [0.2, 0.25) is 0 Å². The predicted molar refractivity (Wildman–Crippen MR) is 79.6 cm³/mol. The first-order valence-corrected chi connectivity index (χ1v) is 7.19. The normalized spacial score (nSPS) is 17.8. The Bertz CT molecular complexity index is 675. The van der Waals surface area contributed by atoms with E-state index in [0.29, 0.717) is 18.8 Å². The minimum Gasteiger partial charge on any atom is -0.477 e. The summed E-state index contributed by atoms with van der Waals surface area (Å²) in [6.45, 7) is 1.89. The molecule has 1 fully saturated rings. The summed E-state index contributed by atoms with van der Waals surface area (Å²) in [5.74, 6) is -0.986. The van der Waals surface area contributed by atoms with Gasteiger partial charge in [-0.1, -0.05) is 18.2 Å². The molecule has 2 heterocycles. The lowest BCUT2D eigenvalue weighted by Crippen LogP contribution is -2.11. The monoisotopic (exact) mass is 302 g/mol. The van der Waals surface area contributed by atoms with Crippen molar-refractivity contribution >= 4 is 5.97 Å². The number of ether oxygens (including phenoxy) is 2. The van der Waals surface area contributed by atoms with Crippen LogP contribution in [0.25, 0.3) is 11.1 Å². The van der Waals surface area contributed by atoms with Crippen LogP contribution in [0.2, 0.25) is 0 Å². The van der Waals surface area contributed by atoms with Crippen molar-refractivity contribution in [3.05, 3.63) is 41.7 Å². The van der Waals surface area contributed by atoms with E-state index >= 15 is 0 Å². The highest BCUT2D eigenvalue weighted by atomic mass is 16.5. The molecule has 0 saturated carbocycles. The molecule has 6 nitrogen and oxygen atoms in total. The third-order valence-electron chi connectivity index (χ3n) is 3.75. The van der Waals surface area contributed by atoms with E-state index < -0.39 is 5.97 Å². The van der Waals surface area contributed by atoms with E-state index in [1.165, 1.54) is 4.68 Å². The quantitative estimate of drug-likeness (QED) is 0.915. The molecule has 2 aromatic rings. The summed E-state index contributed by atoms with van der Waals surface area (Å²) in [5.41, 5.74) is 2.63. The highest BCUT2D eigenvalue weighted by Crippen LogP contribution is 2.25. The molecule has 0 aliphatic carbocycles. The van der Waals surface area contributed by atoms with Crippen LogP contribution in [0.15, 0.2) is 30.5 Å². The molecule has 1 aromatic carbocycles. The molecule has 1 unspecified atom stereocenters. The largest absolute Gasteiger partial charge is 0.477 e. The molecule has 3 rings (SSSR count). The second kappa shape index (κ2) is 6.29. The van der Waals surface area contributed by atoms with Gasteiger partial charge in [-0.05, 0) is 23.6 Å². The second-order valence-corrected chi connectivity index (χ2v) is 5.33. The van der Waals surface area contributed by atoms with Gasteiger partial charge in [0.05, 0.1) is 25.5 Å². The van der Waals surface area contributed by atoms with Crippen LogP contribution < -0.4 is 0 Å². The number of benzene rings is 1. The minimum absolute atomic E-state index is 0.150. The van der Waals surface area contributed by atoms with E-state index in [4.69, 9.17) is 9.47 Å². The number of hydrogen-bond acceptors (Lipinski definition) is 4. The van der Waals surface area contributed by atoms with Gasteiger partial charge in [-0.3, -0.25) is 4.68 Å². The van der Waals surface area contributed by atoms with Gasteiger partial charge in [0.1, 0.15) is 0 Å². The Kier molecular flexibility index (Phi) is 4.22. The number of aryl methyl sites for hydroxylation is 1. The van der Waals surface area contributed by atoms with Crippen molar-refractivity contribution in [3.63, 3.8) is 0 Å². The zero-order valence-corrected chi connectivity index (χ0v) is 12.4. The van der Waals surface area contributed by atoms with Gasteiger partial charge in [0.15, 0.2) is 5.69 Å². The zero-order valence-electron chi connectivity index (χ0n) is 12.4. The fourth-order valence-corrected chi connectivity index (χ4v) is 2.59. The van der Waals surface area contributed by atoms with E-state index in [1.807, 2.05) is 24.3 Å². The number of nitrogens with zero attached hydrogens (tertiary/aromatic N) is 2. The number of carboxylic acid groups (broad SMARTS) is 1. The Labute approximate surface area is 128 Å². The molecule has 1 atom stereocenters. The first kappa shape index (κ1) is 14.7. The average molecular weight is 302 g/mol. The van der Waals surface area contributed by atoms with Crippen LogP contribution in [0.4, 0.5) is 0 Å². The topological polar surface area (TPSA) is 73.6 Å². The maximum atomic E-state index is 11.4. The molecule has 0 amide bonds. The molecule has 6 heteroatoms. The Morgan fingerprint density at radius 1 is 1.55 bits per heavy atom. The van der Waals surface area contributed by atoms with Crippen LogP contribution in [0, 0.1) is 0 Å². The zero-order chi connectivity index (χ0) is 15.5. The standard InChI is InChI=1S/C16H18N2O4/c1-18-15(16(19)20)14(8-17-18)12-4-2-3-11(7-12)9-22-13-5-6-21-10-13/h2-4,7-8,13H,5-6,9-10H2,1H3,(H,19,20). The highest BCUT2D eigenvalue weighted by Gasteiger charge is 2.18. The van der Waals surface area contributed by atoms with E-state index in [1.54, 1.807) is 13.2 Å². The lowest BCUT2D eigenvalue weighted by molar-refractivity contribution is 0.0318. The van der Waals surface area contributed by atoms with Crippen LogP contribution in [0.5, 0.6) is 0 Å². The third-order valence-corrected chi connectivity index (χ3v) is 3.75. The lowest BCUT2D eigenvalue weighted by atomic mass is 10.0. The molecule has 1 N–H and O–H groups in total. The molecule has 0 bridgehead atoms. The molecular formula is C16H18N2O4. The number of carbonyl (C=O) groups is 1. The summed E-state index contributed by atoms with van der Waals surface area (Å²) >= 11 is 0. The Morgan fingerprint density at radius 3 is 3.14 bits per heavy atom. The summed E-state index contributed by atoms with van der Waals surface area (Å²) < 4.78 is 12.5. The first-order valence-electron chi connectivity index (χ1n) is 7.19. The van der Waals surface area contributed by atoms with Crippen LogP contribution in [-0.4, -0.2) is 40.2 Å². The van der Waals surface area contributed by atoms with Crippen LogP contribution in [0.1, 0.15) is 22.5 Å². The predicted octanol–water partition coefficient (Wildman–Crippen LogP) is 2.09. The SMILES string of the molecule is Cn1ncc(-c2cccc(COC3CCOC3)c2)c1C(=O)O. The average Bonchev–Trinajstić information content (AvgIpc) is 3.14. The molecule has 1 aliphatic heterocycles. The smallest absolute Gasteiger partial charge is 0.354 e. The van der Waals surface area contributed by atoms with Crippen molar-refractivity contribution in [2.24, 2.45) is 7.05 Å². The van der Waals surface area contributed by atoms with Gasteiger partial charge in [0.25, 0.3) is 0 Å².